The highest BCUT2D eigenvalue weighted by atomic mass is 16.2. The molecule has 0 bridgehead atoms. The van der Waals surface area contributed by atoms with E-state index in [4.69, 9.17) is 0 Å². The average Bonchev–Trinajstić information content (AvgIpc) is 3.11. The van der Waals surface area contributed by atoms with Gasteiger partial charge >= 0.3 is 0 Å². The molecule has 1 atom stereocenters. The van der Waals surface area contributed by atoms with Crippen molar-refractivity contribution in [2.24, 2.45) is 11.8 Å². The molecule has 7 heteroatoms. The summed E-state index contributed by atoms with van der Waals surface area (Å²) in [6, 6.07) is 3.60. The van der Waals surface area contributed by atoms with Gasteiger partial charge in [-0.25, -0.2) is 9.97 Å². The third-order valence-electron chi connectivity index (χ3n) is 4.64. The fourth-order valence-corrected chi connectivity index (χ4v) is 3.29. The van der Waals surface area contributed by atoms with Gasteiger partial charge in [0, 0.05) is 25.7 Å². The molecule has 0 saturated carbocycles. The predicted molar refractivity (Wildman–Crippen MR) is 104 cm³/mol. The largest absolute Gasteiger partial charge is 0.337 e. The number of likely N-dealkylation sites (tertiary alicyclic amines) is 1. The van der Waals surface area contributed by atoms with Crippen LogP contribution < -0.4 is 5.32 Å². The zero-order valence-electron chi connectivity index (χ0n) is 16.2. The summed E-state index contributed by atoms with van der Waals surface area (Å²) in [4.78, 5) is 35.0. The lowest BCUT2D eigenvalue weighted by molar-refractivity contribution is -0.116. The van der Waals surface area contributed by atoms with Gasteiger partial charge in [0.05, 0.1) is 11.9 Å². The maximum Gasteiger partial charge on any atom is 0.274 e. The van der Waals surface area contributed by atoms with Crippen LogP contribution in [-0.2, 0) is 4.79 Å². The van der Waals surface area contributed by atoms with Gasteiger partial charge in [-0.15, -0.1) is 0 Å². The SMILES string of the molecule is CC(C)CC(=O)Nc1ccc(-n2cnc(C(=O)N3CCCC(C)C3)c2)nc1. The van der Waals surface area contributed by atoms with E-state index in [0.29, 0.717) is 35.5 Å². The van der Waals surface area contributed by atoms with E-state index >= 15 is 0 Å². The van der Waals surface area contributed by atoms with Crippen LogP contribution in [0.25, 0.3) is 5.82 Å². The van der Waals surface area contributed by atoms with Crippen molar-refractivity contribution < 1.29 is 9.59 Å². The lowest BCUT2D eigenvalue weighted by Gasteiger charge is -2.30. The summed E-state index contributed by atoms with van der Waals surface area (Å²) in [6.07, 6.45) is 7.60. The number of rotatable bonds is 5. The van der Waals surface area contributed by atoms with Gasteiger partial charge in [-0.3, -0.25) is 14.2 Å². The predicted octanol–water partition coefficient (Wildman–Crippen LogP) is 3.12. The number of hydrogen-bond donors (Lipinski definition) is 1. The van der Waals surface area contributed by atoms with Crippen LogP contribution in [0.15, 0.2) is 30.9 Å². The molecular weight excluding hydrogens is 342 g/mol. The molecule has 1 unspecified atom stereocenters. The summed E-state index contributed by atoms with van der Waals surface area (Å²) in [5, 5.41) is 2.84. The minimum absolute atomic E-state index is 0.0224. The summed E-state index contributed by atoms with van der Waals surface area (Å²) in [6.45, 7) is 7.75. The number of pyridine rings is 1. The molecule has 0 radical (unpaired) electrons. The van der Waals surface area contributed by atoms with E-state index in [2.05, 4.69) is 22.2 Å². The van der Waals surface area contributed by atoms with Crippen molar-refractivity contribution in [3.63, 3.8) is 0 Å². The van der Waals surface area contributed by atoms with Gasteiger partial charge < -0.3 is 10.2 Å². The fourth-order valence-electron chi connectivity index (χ4n) is 3.29. The van der Waals surface area contributed by atoms with Crippen LogP contribution >= 0.6 is 0 Å². The summed E-state index contributed by atoms with van der Waals surface area (Å²) >= 11 is 0. The number of piperidine rings is 1. The van der Waals surface area contributed by atoms with Gasteiger partial charge in [0.2, 0.25) is 5.91 Å². The first-order valence-electron chi connectivity index (χ1n) is 9.52. The number of amides is 2. The molecule has 27 heavy (non-hydrogen) atoms. The lowest BCUT2D eigenvalue weighted by atomic mass is 10.0. The summed E-state index contributed by atoms with van der Waals surface area (Å²) < 4.78 is 1.72. The summed E-state index contributed by atoms with van der Waals surface area (Å²) in [5.41, 5.74) is 1.09. The number of carbonyl (C=O) groups is 2. The van der Waals surface area contributed by atoms with Crippen LogP contribution in [0.4, 0.5) is 5.69 Å². The Labute approximate surface area is 159 Å². The van der Waals surface area contributed by atoms with Gasteiger partial charge in [-0.2, -0.15) is 0 Å². The Bertz CT molecular complexity index is 797. The molecule has 144 valence electrons. The van der Waals surface area contributed by atoms with Crippen molar-refractivity contribution in [3.05, 3.63) is 36.5 Å². The Hall–Kier alpha value is -2.70. The van der Waals surface area contributed by atoms with E-state index in [-0.39, 0.29) is 11.8 Å². The molecule has 1 saturated heterocycles. The molecule has 0 aliphatic carbocycles. The van der Waals surface area contributed by atoms with Crippen LogP contribution in [0, 0.1) is 11.8 Å². The molecule has 1 N–H and O–H groups in total. The number of nitrogens with one attached hydrogen (secondary N) is 1. The van der Waals surface area contributed by atoms with E-state index in [1.807, 2.05) is 18.7 Å². The number of aromatic nitrogens is 3. The van der Waals surface area contributed by atoms with E-state index in [1.54, 1.807) is 35.4 Å². The van der Waals surface area contributed by atoms with Gasteiger partial charge in [0.1, 0.15) is 17.8 Å². The Morgan fingerprint density at radius 1 is 1.30 bits per heavy atom. The first-order chi connectivity index (χ1) is 12.9. The van der Waals surface area contributed by atoms with Crippen LogP contribution in [0.1, 0.15) is 50.5 Å². The second kappa shape index (κ2) is 8.33. The number of carbonyl (C=O) groups excluding carboxylic acids is 2. The highest BCUT2D eigenvalue weighted by Crippen LogP contribution is 2.18. The quantitative estimate of drug-likeness (QED) is 0.878. The maximum absolute atomic E-state index is 12.6. The molecule has 3 heterocycles. The van der Waals surface area contributed by atoms with Crippen LogP contribution in [0.5, 0.6) is 0 Å². The van der Waals surface area contributed by atoms with Crippen molar-refractivity contribution >= 4 is 17.5 Å². The standard InChI is InChI=1S/C20H27N5O2/c1-14(2)9-19(26)23-16-6-7-18(21-10-16)25-12-17(22-13-25)20(27)24-8-4-5-15(3)11-24/h6-7,10,12-15H,4-5,8-9,11H2,1-3H3,(H,23,26). The highest BCUT2D eigenvalue weighted by molar-refractivity contribution is 5.92. The van der Waals surface area contributed by atoms with E-state index in [0.717, 1.165) is 19.5 Å². The van der Waals surface area contributed by atoms with Gasteiger partial charge in [-0.05, 0) is 36.8 Å². The minimum atomic E-state index is -0.0298. The van der Waals surface area contributed by atoms with Gasteiger partial charge in [-0.1, -0.05) is 20.8 Å². The molecule has 2 aromatic heterocycles. The number of anilines is 1. The molecule has 1 aliphatic heterocycles. The third-order valence-corrected chi connectivity index (χ3v) is 4.64. The Kier molecular flexibility index (Phi) is 5.88. The molecule has 0 spiro atoms. The lowest BCUT2D eigenvalue weighted by Crippen LogP contribution is -2.39. The first-order valence-corrected chi connectivity index (χ1v) is 9.52. The second-order valence-corrected chi connectivity index (χ2v) is 7.72. The van der Waals surface area contributed by atoms with Gasteiger partial charge in [0.15, 0.2) is 0 Å². The number of hydrogen-bond acceptors (Lipinski definition) is 4. The molecule has 7 nitrogen and oxygen atoms in total. The topological polar surface area (TPSA) is 80.1 Å². The van der Waals surface area contributed by atoms with Crippen molar-refractivity contribution in [2.45, 2.75) is 40.0 Å². The Morgan fingerprint density at radius 2 is 2.11 bits per heavy atom. The normalized spacial score (nSPS) is 17.2. The highest BCUT2D eigenvalue weighted by Gasteiger charge is 2.23. The summed E-state index contributed by atoms with van der Waals surface area (Å²) in [7, 11) is 0. The number of nitrogens with zero attached hydrogens (tertiary/aromatic N) is 4. The minimum Gasteiger partial charge on any atom is -0.337 e. The van der Waals surface area contributed by atoms with E-state index in [9.17, 15) is 9.59 Å². The van der Waals surface area contributed by atoms with Crippen LogP contribution in [-0.4, -0.2) is 44.3 Å². The Balaban J connectivity index is 1.65. The van der Waals surface area contributed by atoms with Crippen LogP contribution in [0.3, 0.4) is 0 Å². The average molecular weight is 369 g/mol. The third kappa shape index (κ3) is 4.93. The molecule has 1 aliphatic rings. The molecular formula is C20H27N5O2. The molecule has 0 aromatic carbocycles. The molecule has 1 fully saturated rings. The molecule has 2 aromatic rings. The van der Waals surface area contributed by atoms with E-state index < -0.39 is 0 Å². The van der Waals surface area contributed by atoms with E-state index in [1.165, 1.54) is 6.42 Å². The fraction of sp³-hybridized carbons (Fsp3) is 0.500. The smallest absolute Gasteiger partial charge is 0.274 e. The zero-order chi connectivity index (χ0) is 19.4. The van der Waals surface area contributed by atoms with Crippen molar-refractivity contribution in [2.75, 3.05) is 18.4 Å². The maximum atomic E-state index is 12.6. The second-order valence-electron chi connectivity index (χ2n) is 7.72. The van der Waals surface area contributed by atoms with Crippen molar-refractivity contribution in [3.8, 4) is 5.82 Å². The molecule has 2 amide bonds. The van der Waals surface area contributed by atoms with Crippen molar-refractivity contribution in [1.82, 2.24) is 19.4 Å². The number of imidazole rings is 1. The Morgan fingerprint density at radius 3 is 2.78 bits per heavy atom. The van der Waals surface area contributed by atoms with Crippen molar-refractivity contribution in [1.29, 1.82) is 0 Å². The first kappa shape index (κ1) is 19.1. The van der Waals surface area contributed by atoms with Crippen LogP contribution in [0.2, 0.25) is 0 Å². The summed E-state index contributed by atoms with van der Waals surface area (Å²) in [5.74, 6) is 1.44. The van der Waals surface area contributed by atoms with Gasteiger partial charge in [0.25, 0.3) is 5.91 Å². The zero-order valence-corrected chi connectivity index (χ0v) is 16.2. The molecule has 3 rings (SSSR count). The monoisotopic (exact) mass is 369 g/mol.